The van der Waals surface area contributed by atoms with Gasteiger partial charge < -0.3 is 0 Å². The molecule has 0 saturated heterocycles. The topological polar surface area (TPSA) is 0 Å². The van der Waals surface area contributed by atoms with Gasteiger partial charge in [-0.3, -0.25) is 0 Å². The molecule has 0 aromatic carbocycles. The lowest BCUT2D eigenvalue weighted by molar-refractivity contribution is 1.17. The van der Waals surface area contributed by atoms with Gasteiger partial charge in [0.25, 0.3) is 0 Å². The molecule has 0 spiro atoms. The fraction of sp³-hybridized carbons (Fsp3) is 1.00. The number of hydrogen-bond donors (Lipinski definition) is 3. The van der Waals surface area contributed by atoms with E-state index in [0.29, 0.717) is 5.25 Å². The van der Waals surface area contributed by atoms with Gasteiger partial charge in [0.2, 0.25) is 0 Å². The van der Waals surface area contributed by atoms with Crippen LogP contribution in [0.3, 0.4) is 0 Å². The first-order chi connectivity index (χ1) is 3.81. The SMILES string of the molecule is SCSCC(S)CS. The lowest BCUT2D eigenvalue weighted by Crippen LogP contribution is -2.03. The van der Waals surface area contributed by atoms with E-state index in [1.165, 1.54) is 0 Å². The highest BCUT2D eigenvalue weighted by atomic mass is 32.2. The fourth-order valence-electron chi connectivity index (χ4n) is 0.241. The van der Waals surface area contributed by atoms with E-state index in [0.717, 1.165) is 16.6 Å². The van der Waals surface area contributed by atoms with Crippen LogP contribution in [0.1, 0.15) is 0 Å². The molecule has 0 aliphatic heterocycles. The summed E-state index contributed by atoms with van der Waals surface area (Å²) in [6.07, 6.45) is 0. The molecule has 0 amide bonds. The minimum Gasteiger partial charge on any atom is -0.178 e. The van der Waals surface area contributed by atoms with Crippen molar-refractivity contribution in [3.8, 4) is 0 Å². The summed E-state index contributed by atoms with van der Waals surface area (Å²) in [6.45, 7) is 0. The summed E-state index contributed by atoms with van der Waals surface area (Å²) in [5.74, 6) is 1.90. The van der Waals surface area contributed by atoms with Crippen molar-refractivity contribution in [2.75, 3.05) is 16.6 Å². The smallest absolute Gasteiger partial charge is 0.0362 e. The monoisotopic (exact) mass is 186 g/mol. The molecule has 0 fully saturated rings. The lowest BCUT2D eigenvalue weighted by atomic mass is 10.6. The summed E-state index contributed by atoms with van der Waals surface area (Å²) in [5, 5.41) is 1.31. The Morgan fingerprint density at radius 3 is 2.38 bits per heavy atom. The van der Waals surface area contributed by atoms with E-state index in [2.05, 4.69) is 37.9 Å². The molecule has 0 aliphatic carbocycles. The first-order valence-electron chi connectivity index (χ1n) is 2.28. The number of thioether (sulfide) groups is 1. The van der Waals surface area contributed by atoms with E-state index >= 15 is 0 Å². The van der Waals surface area contributed by atoms with Gasteiger partial charge in [-0.05, 0) is 0 Å². The quantitative estimate of drug-likeness (QED) is 0.445. The Morgan fingerprint density at radius 2 is 2.00 bits per heavy atom. The molecule has 0 bridgehead atoms. The molecule has 0 nitrogen and oxygen atoms in total. The zero-order valence-corrected chi connectivity index (χ0v) is 7.95. The molecule has 0 aliphatic rings. The Kier molecular flexibility index (Phi) is 7.66. The molecule has 0 N–H and O–H groups in total. The van der Waals surface area contributed by atoms with Crippen LogP contribution in [0.15, 0.2) is 0 Å². The van der Waals surface area contributed by atoms with Crippen molar-refractivity contribution in [1.82, 2.24) is 0 Å². The van der Waals surface area contributed by atoms with E-state index in [1.807, 2.05) is 0 Å². The third-order valence-corrected chi connectivity index (χ3v) is 3.32. The Morgan fingerprint density at radius 1 is 1.38 bits per heavy atom. The van der Waals surface area contributed by atoms with Crippen molar-refractivity contribution in [3.63, 3.8) is 0 Å². The van der Waals surface area contributed by atoms with Crippen molar-refractivity contribution in [1.29, 1.82) is 0 Å². The van der Waals surface area contributed by atoms with Gasteiger partial charge in [-0.25, -0.2) is 0 Å². The van der Waals surface area contributed by atoms with Crippen molar-refractivity contribution in [2.24, 2.45) is 0 Å². The van der Waals surface area contributed by atoms with Crippen molar-refractivity contribution in [2.45, 2.75) is 5.25 Å². The van der Waals surface area contributed by atoms with Gasteiger partial charge in [-0.15, -0.1) is 0 Å². The van der Waals surface area contributed by atoms with E-state index in [-0.39, 0.29) is 0 Å². The van der Waals surface area contributed by atoms with E-state index in [1.54, 1.807) is 11.8 Å². The second-order valence-corrected chi connectivity index (χ2v) is 4.21. The molecule has 0 aromatic rings. The number of rotatable bonds is 4. The Hall–Kier alpha value is 1.40. The van der Waals surface area contributed by atoms with E-state index < -0.39 is 0 Å². The highest BCUT2D eigenvalue weighted by Crippen LogP contribution is 2.09. The predicted octanol–water partition coefficient (Wildman–Crippen LogP) is 1.84. The molecule has 0 rings (SSSR count). The molecule has 0 radical (unpaired) electrons. The molecule has 0 aromatic heterocycles. The second kappa shape index (κ2) is 6.52. The molecule has 8 heavy (non-hydrogen) atoms. The van der Waals surface area contributed by atoms with Crippen LogP contribution in [0.5, 0.6) is 0 Å². The van der Waals surface area contributed by atoms with Crippen molar-refractivity contribution >= 4 is 49.6 Å². The van der Waals surface area contributed by atoms with Crippen LogP contribution in [-0.4, -0.2) is 21.8 Å². The molecule has 0 saturated carbocycles. The minimum atomic E-state index is 0.426. The largest absolute Gasteiger partial charge is 0.178 e. The zero-order chi connectivity index (χ0) is 6.41. The molecule has 1 unspecified atom stereocenters. The summed E-state index contributed by atoms with van der Waals surface area (Å²) in [7, 11) is 0. The minimum absolute atomic E-state index is 0.426. The van der Waals surface area contributed by atoms with Crippen LogP contribution in [-0.2, 0) is 0 Å². The second-order valence-electron chi connectivity index (χ2n) is 1.34. The van der Waals surface area contributed by atoms with Gasteiger partial charge in [0, 0.05) is 21.8 Å². The van der Waals surface area contributed by atoms with E-state index in [9.17, 15) is 0 Å². The van der Waals surface area contributed by atoms with Gasteiger partial charge in [0.1, 0.15) is 0 Å². The summed E-state index contributed by atoms with van der Waals surface area (Å²) in [6, 6.07) is 0. The summed E-state index contributed by atoms with van der Waals surface area (Å²) < 4.78 is 0. The molecule has 0 heterocycles. The molecular weight excluding hydrogens is 176 g/mol. The van der Waals surface area contributed by atoms with Crippen molar-refractivity contribution < 1.29 is 0 Å². The van der Waals surface area contributed by atoms with E-state index in [4.69, 9.17) is 0 Å². The first kappa shape index (κ1) is 9.40. The van der Waals surface area contributed by atoms with Gasteiger partial charge in [-0.1, -0.05) is 0 Å². The normalized spacial score (nSPS) is 13.9. The van der Waals surface area contributed by atoms with Gasteiger partial charge in [0.15, 0.2) is 0 Å². The summed E-state index contributed by atoms with van der Waals surface area (Å²) in [4.78, 5) is 0. The van der Waals surface area contributed by atoms with Crippen LogP contribution in [0.25, 0.3) is 0 Å². The zero-order valence-electron chi connectivity index (χ0n) is 4.45. The Labute approximate surface area is 71.4 Å². The number of hydrogen-bond acceptors (Lipinski definition) is 4. The maximum Gasteiger partial charge on any atom is 0.0362 e. The fourth-order valence-corrected chi connectivity index (χ4v) is 1.67. The average molecular weight is 186 g/mol. The maximum atomic E-state index is 4.23. The van der Waals surface area contributed by atoms with Crippen LogP contribution < -0.4 is 0 Å². The first-order valence-corrected chi connectivity index (χ1v) is 5.22. The van der Waals surface area contributed by atoms with Gasteiger partial charge >= 0.3 is 0 Å². The third-order valence-electron chi connectivity index (χ3n) is 0.612. The van der Waals surface area contributed by atoms with Gasteiger partial charge in [-0.2, -0.15) is 49.6 Å². The number of thiol groups is 3. The van der Waals surface area contributed by atoms with Crippen LogP contribution in [0.4, 0.5) is 0 Å². The highest BCUT2D eigenvalue weighted by Gasteiger charge is 1.96. The third kappa shape index (κ3) is 5.54. The predicted molar refractivity (Wildman–Crippen MR) is 52.9 cm³/mol. The van der Waals surface area contributed by atoms with Crippen molar-refractivity contribution in [3.05, 3.63) is 0 Å². The maximum absolute atomic E-state index is 4.23. The molecule has 1 atom stereocenters. The van der Waals surface area contributed by atoms with Crippen LogP contribution in [0.2, 0.25) is 0 Å². The molecular formula is C4H10S4. The standard InChI is InChI=1S/C4H10S4/c5-1-4(7)2-8-3-6/h4-7H,1-3H2. The average Bonchev–Trinajstić information content (AvgIpc) is 1.83. The summed E-state index contributed by atoms with van der Waals surface area (Å²) >= 11 is 14.1. The molecule has 50 valence electrons. The van der Waals surface area contributed by atoms with Gasteiger partial charge in [0.05, 0.1) is 0 Å². The Balaban J connectivity index is 2.86. The lowest BCUT2D eigenvalue weighted by Gasteiger charge is -2.02. The Bertz CT molecular complexity index is 47.3. The highest BCUT2D eigenvalue weighted by molar-refractivity contribution is 8.09. The molecule has 4 heteroatoms. The van der Waals surface area contributed by atoms with Crippen LogP contribution in [0, 0.1) is 0 Å². The van der Waals surface area contributed by atoms with Crippen LogP contribution >= 0.6 is 49.6 Å². The summed E-state index contributed by atoms with van der Waals surface area (Å²) in [5.41, 5.74) is 0.